The van der Waals surface area contributed by atoms with Crippen LogP contribution >= 0.6 is 0 Å². The topological polar surface area (TPSA) is 99.9 Å². The molecular weight excluding hydrogens is 439 g/mol. The lowest BCUT2D eigenvalue weighted by Gasteiger charge is -2.37. The highest BCUT2D eigenvalue weighted by Gasteiger charge is 2.27. The summed E-state index contributed by atoms with van der Waals surface area (Å²) < 4.78 is 21.6. The fraction of sp³-hybridized carbons (Fsp3) is 0.478. The van der Waals surface area contributed by atoms with Gasteiger partial charge in [0.15, 0.2) is 11.5 Å². The first kappa shape index (κ1) is 22.5. The number of aryl methyl sites for hydroxylation is 1. The van der Waals surface area contributed by atoms with Crippen LogP contribution < -0.4 is 20.3 Å². The summed E-state index contributed by atoms with van der Waals surface area (Å²) in [6, 6.07) is 1.85. The first-order valence-electron chi connectivity index (χ1n) is 11.7. The molecule has 11 heteroatoms. The summed E-state index contributed by atoms with van der Waals surface area (Å²) in [5.74, 6) is -0.225. The van der Waals surface area contributed by atoms with Gasteiger partial charge in [-0.1, -0.05) is 0 Å². The van der Waals surface area contributed by atoms with E-state index in [2.05, 4.69) is 35.4 Å². The van der Waals surface area contributed by atoms with Crippen molar-refractivity contribution in [2.45, 2.75) is 26.3 Å². The summed E-state index contributed by atoms with van der Waals surface area (Å²) in [4.78, 5) is 30.8. The highest BCUT2D eigenvalue weighted by Crippen LogP contribution is 2.23. The van der Waals surface area contributed by atoms with Gasteiger partial charge in [0, 0.05) is 63.4 Å². The summed E-state index contributed by atoms with van der Waals surface area (Å²) in [5.41, 5.74) is 1.40. The van der Waals surface area contributed by atoms with Crippen molar-refractivity contribution >= 4 is 23.2 Å². The zero-order valence-electron chi connectivity index (χ0n) is 19.4. The van der Waals surface area contributed by atoms with Crippen LogP contribution in [0.5, 0.6) is 5.88 Å². The minimum absolute atomic E-state index is 0.198. The van der Waals surface area contributed by atoms with Crippen molar-refractivity contribution in [3.63, 3.8) is 0 Å². The molecule has 34 heavy (non-hydrogen) atoms. The van der Waals surface area contributed by atoms with Crippen LogP contribution in [0.25, 0.3) is 5.65 Å². The van der Waals surface area contributed by atoms with E-state index in [1.807, 2.05) is 6.92 Å². The van der Waals surface area contributed by atoms with Gasteiger partial charge in [-0.2, -0.15) is 4.98 Å². The van der Waals surface area contributed by atoms with Crippen molar-refractivity contribution in [3.8, 4) is 5.88 Å². The second-order valence-electron chi connectivity index (χ2n) is 8.64. The Morgan fingerprint density at radius 1 is 1.26 bits per heavy atom. The van der Waals surface area contributed by atoms with Crippen molar-refractivity contribution in [2.75, 3.05) is 56.1 Å². The fourth-order valence-electron chi connectivity index (χ4n) is 4.60. The van der Waals surface area contributed by atoms with Gasteiger partial charge in [0.25, 0.3) is 5.91 Å². The van der Waals surface area contributed by atoms with E-state index in [0.29, 0.717) is 30.0 Å². The number of carbonyl (C=O) groups excluding carboxylic acids is 1. The average Bonchev–Trinajstić information content (AvgIpc) is 3.49. The van der Waals surface area contributed by atoms with Gasteiger partial charge in [-0.15, -0.1) is 0 Å². The summed E-state index contributed by atoms with van der Waals surface area (Å²) in [5, 5.41) is 6.14. The maximum Gasteiger partial charge on any atom is 0.262 e. The maximum atomic E-state index is 14.4. The normalized spacial score (nSPS) is 19.0. The molecule has 1 amide bonds. The lowest BCUT2D eigenvalue weighted by atomic mass is 10.2. The third-order valence-electron chi connectivity index (χ3n) is 6.30. The standard InChI is InChI=1S/C23H29FN8O2/c1-3-34-22-18(21(33)28-16-10-19(24)20-27-15(2)13-32(20)14-16)12-26-23(29-22)31-8-6-30(7-9-31)17-4-5-25-11-17/h10,12-14,17,25H,3-9,11H2,1-2H3,(H,28,33). The summed E-state index contributed by atoms with van der Waals surface area (Å²) in [6.07, 6.45) is 5.98. The van der Waals surface area contributed by atoms with Gasteiger partial charge in [0.1, 0.15) is 5.56 Å². The Kier molecular flexibility index (Phi) is 6.29. The first-order chi connectivity index (χ1) is 16.5. The molecule has 3 aromatic heterocycles. The molecule has 2 fully saturated rings. The van der Waals surface area contributed by atoms with Crippen molar-refractivity contribution in [3.05, 3.63) is 41.7 Å². The number of rotatable bonds is 6. The van der Waals surface area contributed by atoms with Gasteiger partial charge in [-0.05, 0) is 26.8 Å². The fourth-order valence-corrected chi connectivity index (χ4v) is 4.60. The molecular formula is C23H29FN8O2. The van der Waals surface area contributed by atoms with E-state index in [-0.39, 0.29) is 17.1 Å². The molecule has 0 aromatic carbocycles. The Labute approximate surface area is 197 Å². The van der Waals surface area contributed by atoms with Crippen LogP contribution in [0.3, 0.4) is 0 Å². The molecule has 1 unspecified atom stereocenters. The molecule has 1 atom stereocenters. The average molecular weight is 469 g/mol. The number of imidazole rings is 1. The van der Waals surface area contributed by atoms with Crippen LogP contribution in [0, 0.1) is 12.7 Å². The van der Waals surface area contributed by atoms with Gasteiger partial charge in [0.05, 0.1) is 18.0 Å². The minimum Gasteiger partial charge on any atom is -0.477 e. The van der Waals surface area contributed by atoms with E-state index in [0.717, 1.165) is 39.3 Å². The molecule has 2 aliphatic rings. The summed E-state index contributed by atoms with van der Waals surface area (Å²) >= 11 is 0. The molecule has 0 saturated carbocycles. The number of amides is 1. The second-order valence-corrected chi connectivity index (χ2v) is 8.64. The predicted octanol–water partition coefficient (Wildman–Crippen LogP) is 1.71. The number of hydrogen-bond donors (Lipinski definition) is 2. The molecule has 2 N–H and O–H groups in total. The Morgan fingerprint density at radius 2 is 2.09 bits per heavy atom. The van der Waals surface area contributed by atoms with E-state index in [1.54, 1.807) is 23.7 Å². The number of piperazine rings is 1. The van der Waals surface area contributed by atoms with Crippen LogP contribution in [-0.4, -0.2) is 82.1 Å². The molecule has 0 aliphatic carbocycles. The van der Waals surface area contributed by atoms with Gasteiger partial charge in [-0.3, -0.25) is 9.69 Å². The Bertz CT molecular complexity index is 1190. The van der Waals surface area contributed by atoms with Gasteiger partial charge < -0.3 is 24.7 Å². The monoisotopic (exact) mass is 468 g/mol. The maximum absolute atomic E-state index is 14.4. The SMILES string of the molecule is CCOc1nc(N2CCN(C3CCNC3)CC2)ncc1C(=O)Nc1cc(F)c2nc(C)cn2c1. The molecule has 3 aromatic rings. The number of nitrogens with zero attached hydrogens (tertiary/aromatic N) is 6. The van der Waals surface area contributed by atoms with Gasteiger partial charge in [0.2, 0.25) is 11.8 Å². The van der Waals surface area contributed by atoms with E-state index in [1.165, 1.54) is 18.7 Å². The molecule has 0 radical (unpaired) electrons. The zero-order chi connectivity index (χ0) is 23.7. The van der Waals surface area contributed by atoms with Crippen molar-refractivity contribution in [2.24, 2.45) is 0 Å². The van der Waals surface area contributed by atoms with Crippen molar-refractivity contribution in [1.29, 1.82) is 0 Å². The number of carbonyl (C=O) groups is 1. The molecule has 2 saturated heterocycles. The van der Waals surface area contributed by atoms with Crippen LogP contribution in [-0.2, 0) is 0 Å². The van der Waals surface area contributed by atoms with E-state index in [4.69, 9.17) is 4.74 Å². The third kappa shape index (κ3) is 4.53. The summed E-state index contributed by atoms with van der Waals surface area (Å²) in [6.45, 7) is 9.63. The first-order valence-corrected chi connectivity index (χ1v) is 11.7. The number of hydrogen-bond acceptors (Lipinski definition) is 8. The van der Waals surface area contributed by atoms with Gasteiger partial charge in [-0.25, -0.2) is 14.4 Å². The van der Waals surface area contributed by atoms with Crippen molar-refractivity contribution in [1.82, 2.24) is 29.6 Å². The molecule has 180 valence electrons. The van der Waals surface area contributed by atoms with E-state index < -0.39 is 11.7 Å². The molecule has 2 aliphatic heterocycles. The molecule has 5 rings (SSSR count). The number of nitrogens with one attached hydrogen (secondary N) is 2. The number of fused-ring (bicyclic) bond motifs is 1. The number of pyridine rings is 1. The van der Waals surface area contributed by atoms with Crippen molar-refractivity contribution < 1.29 is 13.9 Å². The number of halogens is 1. The summed E-state index contributed by atoms with van der Waals surface area (Å²) in [7, 11) is 0. The molecule has 0 bridgehead atoms. The Hall–Kier alpha value is -3.31. The lowest BCUT2D eigenvalue weighted by Crippen LogP contribution is -2.51. The minimum atomic E-state index is -0.518. The smallest absolute Gasteiger partial charge is 0.262 e. The Morgan fingerprint density at radius 3 is 2.82 bits per heavy atom. The van der Waals surface area contributed by atoms with E-state index >= 15 is 0 Å². The van der Waals surface area contributed by atoms with Crippen LogP contribution in [0.4, 0.5) is 16.0 Å². The van der Waals surface area contributed by atoms with Crippen LogP contribution in [0.1, 0.15) is 29.4 Å². The molecule has 10 nitrogen and oxygen atoms in total. The third-order valence-corrected chi connectivity index (χ3v) is 6.30. The number of anilines is 2. The van der Waals surface area contributed by atoms with Crippen LogP contribution in [0.15, 0.2) is 24.7 Å². The second kappa shape index (κ2) is 9.51. The molecule has 5 heterocycles. The number of ether oxygens (including phenoxy) is 1. The lowest BCUT2D eigenvalue weighted by molar-refractivity contribution is 0.102. The van der Waals surface area contributed by atoms with E-state index in [9.17, 15) is 9.18 Å². The predicted molar refractivity (Wildman–Crippen MR) is 126 cm³/mol. The highest BCUT2D eigenvalue weighted by molar-refractivity contribution is 6.05. The quantitative estimate of drug-likeness (QED) is 0.564. The number of aromatic nitrogens is 4. The van der Waals surface area contributed by atoms with Crippen LogP contribution in [0.2, 0.25) is 0 Å². The van der Waals surface area contributed by atoms with Gasteiger partial charge >= 0.3 is 0 Å². The Balaban J connectivity index is 1.31. The highest BCUT2D eigenvalue weighted by atomic mass is 19.1. The zero-order valence-corrected chi connectivity index (χ0v) is 19.4. The largest absolute Gasteiger partial charge is 0.477 e. The molecule has 0 spiro atoms.